The van der Waals surface area contributed by atoms with E-state index in [2.05, 4.69) is 20.4 Å². The number of nitrogens with one attached hydrogen (secondary N) is 1. The van der Waals surface area contributed by atoms with Crippen LogP contribution < -0.4 is 10.1 Å². The number of para-hydroxylation sites is 1. The fraction of sp³-hybridized carbons (Fsp3) is 0.0556. The standard InChI is InChI=1S/C18H14FN5O/c1-25-13-8-6-12(7-9-13)23-17-14-10-22-24(18(14)21-11-20-17)16-5-3-2-4-15(16)19/h2-11H,1H3,(H,20,21,23). The quantitative estimate of drug-likeness (QED) is 0.616. The molecule has 1 N–H and O–H groups in total. The number of halogens is 1. The minimum absolute atomic E-state index is 0.339. The summed E-state index contributed by atoms with van der Waals surface area (Å²) < 4.78 is 20.7. The Hall–Kier alpha value is -3.48. The molecule has 0 atom stereocenters. The molecule has 0 saturated heterocycles. The molecule has 6 nitrogen and oxygen atoms in total. The third-order valence-corrected chi connectivity index (χ3v) is 3.80. The van der Waals surface area contributed by atoms with Gasteiger partial charge in [0.05, 0.1) is 18.7 Å². The number of benzene rings is 2. The number of fused-ring (bicyclic) bond motifs is 1. The maximum absolute atomic E-state index is 14.1. The second kappa shape index (κ2) is 6.20. The van der Waals surface area contributed by atoms with Crippen LogP contribution in [-0.2, 0) is 0 Å². The number of hydrogen-bond acceptors (Lipinski definition) is 5. The lowest BCUT2D eigenvalue weighted by molar-refractivity contribution is 0.415. The monoisotopic (exact) mass is 335 g/mol. The van der Waals surface area contributed by atoms with Crippen molar-refractivity contribution in [2.75, 3.05) is 12.4 Å². The topological polar surface area (TPSA) is 64.9 Å². The van der Waals surface area contributed by atoms with Gasteiger partial charge in [0.25, 0.3) is 0 Å². The average molecular weight is 335 g/mol. The van der Waals surface area contributed by atoms with E-state index in [1.54, 1.807) is 31.5 Å². The van der Waals surface area contributed by atoms with Crippen molar-refractivity contribution >= 4 is 22.5 Å². The Morgan fingerprint density at radius 1 is 1.04 bits per heavy atom. The number of rotatable bonds is 4. The molecule has 0 bridgehead atoms. The molecule has 0 radical (unpaired) electrons. The van der Waals surface area contributed by atoms with Gasteiger partial charge in [-0.3, -0.25) is 0 Å². The highest BCUT2D eigenvalue weighted by molar-refractivity contribution is 5.89. The summed E-state index contributed by atoms with van der Waals surface area (Å²) in [5.41, 5.74) is 1.71. The molecule has 25 heavy (non-hydrogen) atoms. The average Bonchev–Trinajstić information content (AvgIpc) is 3.08. The van der Waals surface area contributed by atoms with Crippen LogP contribution in [0.2, 0.25) is 0 Å². The van der Waals surface area contributed by atoms with Crippen LogP contribution in [0.5, 0.6) is 5.75 Å². The lowest BCUT2D eigenvalue weighted by atomic mass is 10.3. The van der Waals surface area contributed by atoms with E-state index in [1.165, 1.54) is 17.1 Å². The zero-order valence-electron chi connectivity index (χ0n) is 13.3. The third kappa shape index (κ3) is 2.76. The number of anilines is 2. The molecule has 0 aliphatic rings. The molecule has 124 valence electrons. The predicted molar refractivity (Wildman–Crippen MR) is 92.9 cm³/mol. The zero-order chi connectivity index (χ0) is 17.2. The van der Waals surface area contributed by atoms with Crippen molar-refractivity contribution in [3.8, 4) is 11.4 Å². The van der Waals surface area contributed by atoms with E-state index < -0.39 is 0 Å². The van der Waals surface area contributed by atoms with Crippen LogP contribution in [0.4, 0.5) is 15.9 Å². The smallest absolute Gasteiger partial charge is 0.168 e. The highest BCUT2D eigenvalue weighted by Gasteiger charge is 2.13. The van der Waals surface area contributed by atoms with Gasteiger partial charge >= 0.3 is 0 Å². The Bertz CT molecular complexity index is 1030. The lowest BCUT2D eigenvalue weighted by Crippen LogP contribution is -2.01. The molecule has 2 heterocycles. The Morgan fingerprint density at radius 3 is 2.60 bits per heavy atom. The second-order valence-electron chi connectivity index (χ2n) is 5.32. The Kier molecular flexibility index (Phi) is 3.74. The van der Waals surface area contributed by atoms with Crippen LogP contribution in [0, 0.1) is 5.82 Å². The first-order valence-corrected chi connectivity index (χ1v) is 7.61. The van der Waals surface area contributed by atoms with Crippen molar-refractivity contribution in [3.05, 3.63) is 66.9 Å². The van der Waals surface area contributed by atoms with Gasteiger partial charge in [-0.25, -0.2) is 19.0 Å². The summed E-state index contributed by atoms with van der Waals surface area (Å²) in [5.74, 6) is 0.999. The van der Waals surface area contributed by atoms with Crippen LogP contribution >= 0.6 is 0 Å². The summed E-state index contributed by atoms with van der Waals surface area (Å²) in [6, 6.07) is 13.9. The molecule has 0 aliphatic carbocycles. The highest BCUT2D eigenvalue weighted by atomic mass is 19.1. The van der Waals surface area contributed by atoms with E-state index in [0.29, 0.717) is 22.5 Å². The summed E-state index contributed by atoms with van der Waals surface area (Å²) in [5, 5.41) is 8.19. The van der Waals surface area contributed by atoms with Gasteiger partial charge < -0.3 is 10.1 Å². The lowest BCUT2D eigenvalue weighted by Gasteiger charge is -2.08. The van der Waals surface area contributed by atoms with Gasteiger partial charge in [0.2, 0.25) is 0 Å². The fourth-order valence-electron chi connectivity index (χ4n) is 2.55. The first-order valence-electron chi connectivity index (χ1n) is 7.61. The first kappa shape index (κ1) is 15.1. The summed E-state index contributed by atoms with van der Waals surface area (Å²) in [6.07, 6.45) is 3.04. The predicted octanol–water partition coefficient (Wildman–Crippen LogP) is 3.71. The van der Waals surface area contributed by atoms with Crippen molar-refractivity contribution in [2.24, 2.45) is 0 Å². The number of hydrogen-bond donors (Lipinski definition) is 1. The van der Waals surface area contributed by atoms with E-state index in [0.717, 1.165) is 11.4 Å². The summed E-state index contributed by atoms with van der Waals surface area (Å²) >= 11 is 0. The van der Waals surface area contributed by atoms with Gasteiger partial charge in [0, 0.05) is 5.69 Å². The Labute approximate surface area is 142 Å². The van der Waals surface area contributed by atoms with Crippen molar-refractivity contribution in [1.29, 1.82) is 0 Å². The molecule has 4 rings (SSSR count). The molecule has 0 aliphatic heterocycles. The SMILES string of the molecule is COc1ccc(Nc2ncnc3c2cnn3-c2ccccc2F)cc1. The zero-order valence-corrected chi connectivity index (χ0v) is 13.3. The van der Waals surface area contributed by atoms with Gasteiger partial charge in [-0.05, 0) is 36.4 Å². The van der Waals surface area contributed by atoms with Gasteiger partial charge in [0.1, 0.15) is 29.4 Å². The van der Waals surface area contributed by atoms with Crippen LogP contribution in [0.3, 0.4) is 0 Å². The summed E-state index contributed by atoms with van der Waals surface area (Å²) in [7, 11) is 1.62. The molecule has 0 unspecified atom stereocenters. The van der Waals surface area contributed by atoms with Gasteiger partial charge in [-0.1, -0.05) is 12.1 Å². The second-order valence-corrected chi connectivity index (χ2v) is 5.32. The Balaban J connectivity index is 1.75. The van der Waals surface area contributed by atoms with E-state index in [4.69, 9.17) is 4.74 Å². The van der Waals surface area contributed by atoms with Crippen molar-refractivity contribution < 1.29 is 9.13 Å². The largest absolute Gasteiger partial charge is 0.497 e. The van der Waals surface area contributed by atoms with Crippen molar-refractivity contribution in [2.45, 2.75) is 0 Å². The van der Waals surface area contributed by atoms with Gasteiger partial charge in [-0.2, -0.15) is 5.10 Å². The first-order chi connectivity index (χ1) is 12.3. The molecule has 0 saturated carbocycles. The van der Waals surface area contributed by atoms with E-state index >= 15 is 0 Å². The number of ether oxygens (including phenoxy) is 1. The summed E-state index contributed by atoms with van der Waals surface area (Å²) in [4.78, 5) is 8.52. The Morgan fingerprint density at radius 2 is 1.84 bits per heavy atom. The molecular weight excluding hydrogens is 321 g/mol. The molecule has 4 aromatic rings. The van der Waals surface area contributed by atoms with E-state index in [-0.39, 0.29) is 5.82 Å². The number of nitrogens with zero attached hydrogens (tertiary/aromatic N) is 4. The van der Waals surface area contributed by atoms with Crippen LogP contribution in [0.1, 0.15) is 0 Å². The number of aromatic nitrogens is 4. The molecule has 0 amide bonds. The number of methoxy groups -OCH3 is 1. The molecule has 0 fully saturated rings. The molecule has 2 aromatic carbocycles. The van der Waals surface area contributed by atoms with E-state index in [1.807, 2.05) is 24.3 Å². The van der Waals surface area contributed by atoms with E-state index in [9.17, 15) is 4.39 Å². The van der Waals surface area contributed by atoms with Crippen molar-refractivity contribution in [3.63, 3.8) is 0 Å². The molecule has 7 heteroatoms. The molecule has 0 spiro atoms. The maximum Gasteiger partial charge on any atom is 0.168 e. The molecular formula is C18H14FN5O. The normalized spacial score (nSPS) is 10.8. The molecule has 2 aromatic heterocycles. The highest BCUT2D eigenvalue weighted by Crippen LogP contribution is 2.26. The van der Waals surface area contributed by atoms with Gasteiger partial charge in [0.15, 0.2) is 5.65 Å². The van der Waals surface area contributed by atoms with Crippen LogP contribution in [0.15, 0.2) is 61.1 Å². The van der Waals surface area contributed by atoms with Crippen LogP contribution in [-0.4, -0.2) is 26.9 Å². The minimum atomic E-state index is -0.365. The van der Waals surface area contributed by atoms with Crippen LogP contribution in [0.25, 0.3) is 16.7 Å². The van der Waals surface area contributed by atoms with Gasteiger partial charge in [-0.15, -0.1) is 0 Å². The minimum Gasteiger partial charge on any atom is -0.497 e. The fourth-order valence-corrected chi connectivity index (χ4v) is 2.55. The van der Waals surface area contributed by atoms with Crippen molar-refractivity contribution in [1.82, 2.24) is 19.7 Å². The maximum atomic E-state index is 14.1. The third-order valence-electron chi connectivity index (χ3n) is 3.80. The summed E-state index contributed by atoms with van der Waals surface area (Å²) in [6.45, 7) is 0.